The molecule has 2 amide bonds. The van der Waals surface area contributed by atoms with E-state index in [4.69, 9.17) is 9.52 Å². The largest absolute Gasteiger partial charge is 0.465 e. The Kier molecular flexibility index (Phi) is 4.47. The maximum Gasteiger partial charge on any atom is 0.409 e. The van der Waals surface area contributed by atoms with Crippen LogP contribution in [0.3, 0.4) is 0 Å². The van der Waals surface area contributed by atoms with Gasteiger partial charge in [0.25, 0.3) is 0 Å². The third-order valence-electron chi connectivity index (χ3n) is 3.12. The van der Waals surface area contributed by atoms with Crippen LogP contribution in [0.1, 0.15) is 19.4 Å². The summed E-state index contributed by atoms with van der Waals surface area (Å²) in [5.74, 6) is -0.0338. The second-order valence-electron chi connectivity index (χ2n) is 5.10. The van der Waals surface area contributed by atoms with Crippen molar-refractivity contribution in [3.05, 3.63) is 30.0 Å². The summed E-state index contributed by atoms with van der Waals surface area (Å²) in [6.45, 7) is 4.20. The smallest absolute Gasteiger partial charge is 0.409 e. The molecule has 6 nitrogen and oxygen atoms in total. The van der Waals surface area contributed by atoms with E-state index >= 15 is 0 Å². The number of furan rings is 1. The lowest BCUT2D eigenvalue weighted by Crippen LogP contribution is -2.29. The molecule has 0 fully saturated rings. The summed E-state index contributed by atoms with van der Waals surface area (Å²) in [6.07, 6.45) is 1.15. The molecule has 3 N–H and O–H groups in total. The molecule has 0 radical (unpaired) electrons. The third-order valence-corrected chi connectivity index (χ3v) is 3.12. The van der Waals surface area contributed by atoms with E-state index in [2.05, 4.69) is 10.6 Å². The zero-order valence-corrected chi connectivity index (χ0v) is 12.0. The molecule has 1 aromatic carbocycles. The topological polar surface area (TPSA) is 91.6 Å². The fourth-order valence-corrected chi connectivity index (χ4v) is 2.00. The van der Waals surface area contributed by atoms with Crippen molar-refractivity contribution in [1.82, 2.24) is 5.32 Å². The molecule has 0 aliphatic rings. The summed E-state index contributed by atoms with van der Waals surface area (Å²) < 4.78 is 5.43. The van der Waals surface area contributed by atoms with Gasteiger partial charge in [0.15, 0.2) is 0 Å². The standard InChI is InChI=1S/C15H18N2O4/c1-9(2)14(18)16-6-5-10-8-21-13-4-3-11(7-12(10)13)17-15(19)20/h3-4,7-9,17H,5-6H2,1-2H3,(H,16,18)(H,19,20). The highest BCUT2D eigenvalue weighted by atomic mass is 16.4. The number of nitrogens with one attached hydrogen (secondary N) is 2. The number of anilines is 1. The molecule has 0 aliphatic carbocycles. The van der Waals surface area contributed by atoms with Crippen LogP contribution in [0.25, 0.3) is 11.0 Å². The second kappa shape index (κ2) is 6.30. The van der Waals surface area contributed by atoms with Gasteiger partial charge in [-0.25, -0.2) is 4.79 Å². The van der Waals surface area contributed by atoms with E-state index in [9.17, 15) is 9.59 Å². The van der Waals surface area contributed by atoms with Crippen molar-refractivity contribution in [2.24, 2.45) is 5.92 Å². The number of rotatable bonds is 5. The van der Waals surface area contributed by atoms with Gasteiger partial charge in [0.2, 0.25) is 5.91 Å². The first kappa shape index (κ1) is 14.9. The third kappa shape index (κ3) is 3.75. The van der Waals surface area contributed by atoms with E-state index in [1.807, 2.05) is 13.8 Å². The lowest BCUT2D eigenvalue weighted by Gasteiger charge is -2.06. The number of fused-ring (bicyclic) bond motifs is 1. The molecule has 112 valence electrons. The highest BCUT2D eigenvalue weighted by molar-refractivity contribution is 5.90. The molecule has 0 unspecified atom stereocenters. The minimum absolute atomic E-state index is 0.0102. The molecule has 2 rings (SSSR count). The van der Waals surface area contributed by atoms with Crippen molar-refractivity contribution in [3.8, 4) is 0 Å². The lowest BCUT2D eigenvalue weighted by atomic mass is 10.1. The molecule has 2 aromatic rings. The van der Waals surface area contributed by atoms with Crippen molar-refractivity contribution in [3.63, 3.8) is 0 Å². The van der Waals surface area contributed by atoms with Gasteiger partial charge in [-0.2, -0.15) is 0 Å². The average Bonchev–Trinajstić information content (AvgIpc) is 2.80. The van der Waals surface area contributed by atoms with Gasteiger partial charge < -0.3 is 14.8 Å². The average molecular weight is 290 g/mol. The van der Waals surface area contributed by atoms with Crippen molar-refractivity contribution >= 4 is 28.7 Å². The SMILES string of the molecule is CC(C)C(=O)NCCc1coc2ccc(NC(=O)O)cc12. The molecule has 0 atom stereocenters. The Bertz CT molecular complexity index is 661. The molecule has 6 heteroatoms. The van der Waals surface area contributed by atoms with Crippen LogP contribution in [0.2, 0.25) is 0 Å². The van der Waals surface area contributed by atoms with Crippen molar-refractivity contribution < 1.29 is 19.1 Å². The highest BCUT2D eigenvalue weighted by Gasteiger charge is 2.10. The Morgan fingerprint density at radius 1 is 1.33 bits per heavy atom. The Hall–Kier alpha value is -2.50. The van der Waals surface area contributed by atoms with Crippen LogP contribution in [-0.2, 0) is 11.2 Å². The molecule has 0 saturated carbocycles. The van der Waals surface area contributed by atoms with Crippen molar-refractivity contribution in [2.75, 3.05) is 11.9 Å². The van der Waals surface area contributed by atoms with Gasteiger partial charge in [0.05, 0.1) is 6.26 Å². The Morgan fingerprint density at radius 2 is 2.10 bits per heavy atom. The molecule has 1 heterocycles. The number of carbonyl (C=O) groups is 2. The minimum atomic E-state index is -1.11. The zero-order valence-electron chi connectivity index (χ0n) is 12.0. The van der Waals surface area contributed by atoms with E-state index in [0.717, 1.165) is 10.9 Å². The molecular formula is C15H18N2O4. The van der Waals surface area contributed by atoms with E-state index in [1.54, 1.807) is 24.5 Å². The number of hydrogen-bond acceptors (Lipinski definition) is 3. The second-order valence-corrected chi connectivity index (χ2v) is 5.10. The van der Waals surface area contributed by atoms with Gasteiger partial charge in [0.1, 0.15) is 5.58 Å². The number of amides is 2. The maximum atomic E-state index is 11.5. The van der Waals surface area contributed by atoms with Gasteiger partial charge in [-0.3, -0.25) is 10.1 Å². The van der Waals surface area contributed by atoms with Gasteiger partial charge in [-0.05, 0) is 24.6 Å². The monoisotopic (exact) mass is 290 g/mol. The zero-order chi connectivity index (χ0) is 15.4. The van der Waals surface area contributed by atoms with Crippen LogP contribution in [0.5, 0.6) is 0 Å². The predicted octanol–water partition coefficient (Wildman–Crippen LogP) is 2.84. The van der Waals surface area contributed by atoms with Gasteiger partial charge in [0, 0.05) is 29.1 Å². The van der Waals surface area contributed by atoms with Crippen LogP contribution < -0.4 is 10.6 Å². The van der Waals surface area contributed by atoms with E-state index in [1.165, 1.54) is 0 Å². The first-order valence-electron chi connectivity index (χ1n) is 6.75. The summed E-state index contributed by atoms with van der Waals surface area (Å²) in [5.41, 5.74) is 2.11. The first-order chi connectivity index (χ1) is 9.97. The molecule has 0 aliphatic heterocycles. The highest BCUT2D eigenvalue weighted by Crippen LogP contribution is 2.25. The lowest BCUT2D eigenvalue weighted by molar-refractivity contribution is -0.123. The quantitative estimate of drug-likeness (QED) is 0.789. The van der Waals surface area contributed by atoms with Crippen molar-refractivity contribution in [1.29, 1.82) is 0 Å². The Morgan fingerprint density at radius 3 is 2.76 bits per heavy atom. The molecular weight excluding hydrogens is 272 g/mol. The van der Waals surface area contributed by atoms with Crippen LogP contribution in [0.15, 0.2) is 28.9 Å². The van der Waals surface area contributed by atoms with Crippen LogP contribution in [0.4, 0.5) is 10.5 Å². The van der Waals surface area contributed by atoms with E-state index < -0.39 is 6.09 Å². The van der Waals surface area contributed by atoms with Crippen LogP contribution >= 0.6 is 0 Å². The number of carbonyl (C=O) groups excluding carboxylic acids is 1. The summed E-state index contributed by atoms with van der Waals surface area (Å²) in [5, 5.41) is 14.7. The van der Waals surface area contributed by atoms with Gasteiger partial charge >= 0.3 is 6.09 Å². The fraction of sp³-hybridized carbons (Fsp3) is 0.333. The molecule has 0 spiro atoms. The molecule has 0 saturated heterocycles. The Balaban J connectivity index is 2.09. The summed E-state index contributed by atoms with van der Waals surface area (Å²) >= 11 is 0. The number of hydrogen-bond donors (Lipinski definition) is 3. The normalized spacial score (nSPS) is 10.8. The van der Waals surface area contributed by atoms with E-state index in [-0.39, 0.29) is 11.8 Å². The first-order valence-corrected chi connectivity index (χ1v) is 6.75. The minimum Gasteiger partial charge on any atom is -0.465 e. The summed E-state index contributed by atoms with van der Waals surface area (Å²) in [6, 6.07) is 5.09. The maximum absolute atomic E-state index is 11.5. The number of carboxylic acid groups (broad SMARTS) is 1. The van der Waals surface area contributed by atoms with Crippen LogP contribution in [0, 0.1) is 5.92 Å². The molecule has 1 aromatic heterocycles. The van der Waals surface area contributed by atoms with Gasteiger partial charge in [-0.15, -0.1) is 0 Å². The Labute approximate surface area is 122 Å². The number of benzene rings is 1. The van der Waals surface area contributed by atoms with E-state index in [0.29, 0.717) is 24.2 Å². The molecule has 0 bridgehead atoms. The fourth-order valence-electron chi connectivity index (χ4n) is 2.00. The van der Waals surface area contributed by atoms with Gasteiger partial charge in [-0.1, -0.05) is 13.8 Å². The summed E-state index contributed by atoms with van der Waals surface area (Å²) in [4.78, 5) is 22.2. The summed E-state index contributed by atoms with van der Waals surface area (Å²) in [7, 11) is 0. The molecule has 21 heavy (non-hydrogen) atoms. The predicted molar refractivity (Wildman–Crippen MR) is 79.4 cm³/mol. The van der Waals surface area contributed by atoms with Crippen LogP contribution in [-0.4, -0.2) is 23.7 Å². The van der Waals surface area contributed by atoms with Crippen molar-refractivity contribution in [2.45, 2.75) is 20.3 Å².